The van der Waals surface area contributed by atoms with Crippen molar-refractivity contribution in [2.24, 2.45) is 17.8 Å². The highest BCUT2D eigenvalue weighted by Gasteiger charge is 2.46. The molecule has 2 heterocycles. The van der Waals surface area contributed by atoms with Crippen LogP contribution in [0.4, 0.5) is 17.6 Å². The van der Waals surface area contributed by atoms with E-state index >= 15 is 0 Å². The molecule has 0 radical (unpaired) electrons. The van der Waals surface area contributed by atoms with Crippen LogP contribution in [0, 0.1) is 17.8 Å². The average Bonchev–Trinajstić information content (AvgIpc) is 3.90. The van der Waals surface area contributed by atoms with Gasteiger partial charge in [-0.2, -0.15) is 8.78 Å². The van der Waals surface area contributed by atoms with E-state index in [1.165, 1.54) is 0 Å². The first-order chi connectivity index (χ1) is 20.6. The van der Waals surface area contributed by atoms with Crippen LogP contribution >= 0.6 is 0 Å². The molecule has 2 aromatic heterocycles. The maximum Gasteiger partial charge on any atom is 0.324 e. The predicted octanol–water partition coefficient (Wildman–Crippen LogP) is 6.12. The highest BCUT2D eigenvalue weighted by atomic mass is 19.3. The number of alkyl halides is 4. The van der Waals surface area contributed by atoms with E-state index in [0.29, 0.717) is 28.1 Å². The Morgan fingerprint density at radius 1 is 0.977 bits per heavy atom. The predicted molar refractivity (Wildman–Crippen MR) is 145 cm³/mol. The van der Waals surface area contributed by atoms with Crippen molar-refractivity contribution in [2.45, 2.75) is 100 Å². The van der Waals surface area contributed by atoms with Crippen LogP contribution in [-0.4, -0.2) is 43.9 Å². The fourth-order valence-corrected chi connectivity index (χ4v) is 6.31. The fraction of sp³-hybridized carbons (Fsp3) is 0.633. The van der Waals surface area contributed by atoms with Crippen molar-refractivity contribution >= 4 is 22.8 Å². The number of benzene rings is 1. The lowest BCUT2D eigenvalue weighted by molar-refractivity contribution is -0.148. The van der Waals surface area contributed by atoms with E-state index in [-0.39, 0.29) is 55.0 Å². The zero-order valence-corrected chi connectivity index (χ0v) is 23.6. The Balaban J connectivity index is 1.15. The van der Waals surface area contributed by atoms with E-state index < -0.39 is 42.2 Å². The van der Waals surface area contributed by atoms with Crippen molar-refractivity contribution in [3.8, 4) is 0 Å². The Labute approximate surface area is 244 Å². The minimum Gasteiger partial charge on any atom is -0.344 e. The van der Waals surface area contributed by atoms with Gasteiger partial charge in [-0.3, -0.25) is 9.59 Å². The van der Waals surface area contributed by atoms with E-state index in [2.05, 4.69) is 25.9 Å². The third-order valence-electron chi connectivity index (χ3n) is 9.34. The molecule has 0 bridgehead atoms. The number of aromatic amines is 1. The average molecular weight is 603 g/mol. The van der Waals surface area contributed by atoms with Gasteiger partial charge in [0.15, 0.2) is 5.69 Å². The summed E-state index contributed by atoms with van der Waals surface area (Å²) in [6.45, 7) is 0. The number of H-pyrrole nitrogens is 1. The summed E-state index contributed by atoms with van der Waals surface area (Å²) in [5, 5.41) is 13.3. The zero-order chi connectivity index (χ0) is 29.9. The van der Waals surface area contributed by atoms with Crippen LogP contribution in [0.15, 0.2) is 22.8 Å². The molecule has 4 aliphatic carbocycles. The molecular formula is C30H34F4N6O3. The molecule has 7 rings (SSSR count). The Hall–Kier alpha value is -3.51. The summed E-state index contributed by atoms with van der Waals surface area (Å²) in [6, 6.07) is 4.03. The number of imidazole rings is 1. The maximum absolute atomic E-state index is 14.6. The largest absolute Gasteiger partial charge is 0.344 e. The third kappa shape index (κ3) is 6.12. The summed E-state index contributed by atoms with van der Waals surface area (Å²) in [6.07, 6.45) is 4.27. The van der Waals surface area contributed by atoms with Gasteiger partial charge < -0.3 is 15.6 Å². The quantitative estimate of drug-likeness (QED) is 0.227. The van der Waals surface area contributed by atoms with Gasteiger partial charge in [-0.1, -0.05) is 11.2 Å². The molecule has 2 amide bonds. The highest BCUT2D eigenvalue weighted by Crippen LogP contribution is 2.45. The van der Waals surface area contributed by atoms with Crippen molar-refractivity contribution in [1.29, 1.82) is 0 Å². The van der Waals surface area contributed by atoms with Crippen LogP contribution in [0.3, 0.4) is 0 Å². The molecule has 3 aromatic rings. The van der Waals surface area contributed by atoms with Gasteiger partial charge in [0.05, 0.1) is 23.1 Å². The number of carbonyl (C=O) groups excluding carboxylic acids is 2. The maximum atomic E-state index is 14.6. The van der Waals surface area contributed by atoms with Crippen LogP contribution in [0.2, 0.25) is 0 Å². The SMILES string of the molecule is O=C(N[C@H](c1nc2ccc(C(NC(=O)C(F)(F)CC3CC3)C3CC3)cc2[nH]1)C1CCC(F)(F)CC1)c1nonc1C1CC1. The second-order valence-electron chi connectivity index (χ2n) is 13.0. The van der Waals surface area contributed by atoms with Crippen molar-refractivity contribution in [2.75, 3.05) is 0 Å². The van der Waals surface area contributed by atoms with Gasteiger partial charge in [0.25, 0.3) is 11.8 Å². The Morgan fingerprint density at radius 3 is 2.37 bits per heavy atom. The lowest BCUT2D eigenvalue weighted by Crippen LogP contribution is -2.42. The van der Waals surface area contributed by atoms with E-state index in [1.807, 2.05) is 0 Å². The number of halogens is 4. The highest BCUT2D eigenvalue weighted by molar-refractivity contribution is 5.93. The molecule has 43 heavy (non-hydrogen) atoms. The Kier molecular flexibility index (Phi) is 6.96. The summed E-state index contributed by atoms with van der Waals surface area (Å²) < 4.78 is 62.1. The van der Waals surface area contributed by atoms with Crippen LogP contribution < -0.4 is 10.6 Å². The number of fused-ring (bicyclic) bond motifs is 1. The first-order valence-corrected chi connectivity index (χ1v) is 15.3. The van der Waals surface area contributed by atoms with E-state index in [9.17, 15) is 27.2 Å². The topological polar surface area (TPSA) is 126 Å². The van der Waals surface area contributed by atoms with Crippen LogP contribution in [-0.2, 0) is 4.79 Å². The Morgan fingerprint density at radius 2 is 1.70 bits per heavy atom. The minimum absolute atomic E-state index is 0.0631. The molecule has 3 N–H and O–H groups in total. The van der Waals surface area contributed by atoms with Gasteiger partial charge in [-0.25, -0.2) is 18.4 Å². The molecule has 4 saturated carbocycles. The molecule has 1 aromatic carbocycles. The molecule has 4 fully saturated rings. The number of hydrogen-bond donors (Lipinski definition) is 3. The Bertz CT molecular complexity index is 1520. The zero-order valence-electron chi connectivity index (χ0n) is 23.6. The van der Waals surface area contributed by atoms with Crippen LogP contribution in [0.25, 0.3) is 11.0 Å². The number of hydrogen-bond acceptors (Lipinski definition) is 6. The van der Waals surface area contributed by atoms with Gasteiger partial charge in [0, 0.05) is 25.2 Å². The molecule has 1 unspecified atom stereocenters. The van der Waals surface area contributed by atoms with Crippen molar-refractivity contribution in [3.05, 3.63) is 41.0 Å². The summed E-state index contributed by atoms with van der Waals surface area (Å²) >= 11 is 0. The van der Waals surface area contributed by atoms with Crippen molar-refractivity contribution in [3.63, 3.8) is 0 Å². The first-order valence-electron chi connectivity index (χ1n) is 15.3. The van der Waals surface area contributed by atoms with Crippen molar-refractivity contribution in [1.82, 2.24) is 30.9 Å². The first kappa shape index (κ1) is 28.3. The molecule has 0 aliphatic heterocycles. The molecule has 0 saturated heterocycles. The van der Waals surface area contributed by atoms with E-state index in [4.69, 9.17) is 9.61 Å². The van der Waals surface area contributed by atoms with E-state index in [0.717, 1.165) is 38.5 Å². The van der Waals surface area contributed by atoms with Gasteiger partial charge in [0.1, 0.15) is 11.5 Å². The van der Waals surface area contributed by atoms with Crippen LogP contribution in [0.5, 0.6) is 0 Å². The van der Waals surface area contributed by atoms with Crippen molar-refractivity contribution < 1.29 is 31.8 Å². The lowest BCUT2D eigenvalue weighted by atomic mass is 9.81. The fourth-order valence-electron chi connectivity index (χ4n) is 6.31. The smallest absolute Gasteiger partial charge is 0.324 e. The number of rotatable bonds is 11. The van der Waals surface area contributed by atoms with Gasteiger partial charge in [-0.05, 0) is 92.0 Å². The molecule has 13 heteroatoms. The van der Waals surface area contributed by atoms with E-state index in [1.54, 1.807) is 18.2 Å². The molecule has 4 aliphatic rings. The number of aromatic nitrogens is 4. The number of nitrogens with one attached hydrogen (secondary N) is 3. The molecule has 9 nitrogen and oxygen atoms in total. The number of nitrogens with zero attached hydrogens (tertiary/aromatic N) is 3. The molecule has 230 valence electrons. The second-order valence-corrected chi connectivity index (χ2v) is 13.0. The normalized spacial score (nSPS) is 22.3. The monoisotopic (exact) mass is 602 g/mol. The standard InChI is InChI=1S/C30H34F4N6O3/c31-29(32)11-9-18(10-12-29)24(37-27(41)25-23(17-5-6-17)39-43-40-25)26-35-20-8-7-19(13-21(20)36-26)22(16-3-4-16)38-28(42)30(33,34)14-15-1-2-15/h7-8,13,15-18,22,24H,1-6,9-12,14H2,(H,35,36)(H,37,41)(H,38,42)/t22?,24-/m0/s1. The molecular weight excluding hydrogens is 568 g/mol. The van der Waals surface area contributed by atoms with Gasteiger partial charge in [-0.15, -0.1) is 0 Å². The summed E-state index contributed by atoms with van der Waals surface area (Å²) in [5.41, 5.74) is 2.44. The number of amides is 2. The number of carbonyl (C=O) groups is 2. The summed E-state index contributed by atoms with van der Waals surface area (Å²) in [5.74, 6) is -7.72. The molecule has 2 atom stereocenters. The second kappa shape index (κ2) is 10.6. The molecule has 0 spiro atoms. The summed E-state index contributed by atoms with van der Waals surface area (Å²) in [7, 11) is 0. The summed E-state index contributed by atoms with van der Waals surface area (Å²) in [4.78, 5) is 33.9. The lowest BCUT2D eigenvalue weighted by Gasteiger charge is -2.33. The van der Waals surface area contributed by atoms with Gasteiger partial charge >= 0.3 is 5.92 Å². The third-order valence-corrected chi connectivity index (χ3v) is 9.34. The van der Waals surface area contributed by atoms with Gasteiger partial charge in [0.2, 0.25) is 5.92 Å². The van der Waals surface area contributed by atoms with Crippen LogP contribution in [0.1, 0.15) is 116 Å². The minimum atomic E-state index is -3.42.